The van der Waals surface area contributed by atoms with Crippen molar-refractivity contribution in [1.82, 2.24) is 5.32 Å². The van der Waals surface area contributed by atoms with Crippen LogP contribution in [-0.4, -0.2) is 19.1 Å². The molecule has 0 spiro atoms. The molecule has 0 atom stereocenters. The smallest absolute Gasteiger partial charge is 0.0549 e. The number of anilines is 1. The molecule has 0 unspecified atom stereocenters. The Morgan fingerprint density at radius 1 is 1.33 bits per heavy atom. The van der Waals surface area contributed by atoms with E-state index in [2.05, 4.69) is 26.6 Å². The van der Waals surface area contributed by atoms with Crippen molar-refractivity contribution >= 4 is 33.2 Å². The summed E-state index contributed by atoms with van der Waals surface area (Å²) in [6, 6.07) is 6.55. The molecule has 0 aliphatic carbocycles. The summed E-state index contributed by atoms with van der Waals surface area (Å²) < 4.78 is 0.947. The van der Waals surface area contributed by atoms with Gasteiger partial charge in [-0.3, -0.25) is 0 Å². The summed E-state index contributed by atoms with van der Waals surface area (Å²) in [5, 5.41) is 7.63. The standard InChI is InChI=1S/C11H14BrClN2/c12-10-7-9(1-2-11(10)13)15-8-3-5-14-6-4-8/h1-2,7-8,14-15H,3-6H2. The molecule has 2 nitrogen and oxygen atoms in total. The van der Waals surface area contributed by atoms with Crippen molar-refractivity contribution in [3.05, 3.63) is 27.7 Å². The summed E-state index contributed by atoms with van der Waals surface area (Å²) in [6.45, 7) is 2.21. The minimum atomic E-state index is 0.583. The molecule has 1 aromatic carbocycles. The molecule has 0 bridgehead atoms. The Morgan fingerprint density at radius 3 is 2.73 bits per heavy atom. The second kappa shape index (κ2) is 5.19. The maximum atomic E-state index is 5.94. The normalized spacial score (nSPS) is 17.7. The summed E-state index contributed by atoms with van der Waals surface area (Å²) in [4.78, 5) is 0. The van der Waals surface area contributed by atoms with Crippen LogP contribution in [0.5, 0.6) is 0 Å². The first-order valence-electron chi connectivity index (χ1n) is 5.18. The quantitative estimate of drug-likeness (QED) is 0.873. The van der Waals surface area contributed by atoms with Gasteiger partial charge in [0.05, 0.1) is 5.02 Å². The Labute approximate surface area is 104 Å². The van der Waals surface area contributed by atoms with Gasteiger partial charge in [0, 0.05) is 16.2 Å². The van der Waals surface area contributed by atoms with E-state index in [0.29, 0.717) is 6.04 Å². The van der Waals surface area contributed by atoms with E-state index in [1.165, 1.54) is 12.8 Å². The maximum Gasteiger partial charge on any atom is 0.0549 e. The molecule has 15 heavy (non-hydrogen) atoms. The van der Waals surface area contributed by atoms with E-state index in [4.69, 9.17) is 11.6 Å². The number of hydrogen-bond donors (Lipinski definition) is 2. The van der Waals surface area contributed by atoms with E-state index >= 15 is 0 Å². The zero-order chi connectivity index (χ0) is 10.7. The molecule has 1 aliphatic rings. The van der Waals surface area contributed by atoms with Gasteiger partial charge in [-0.1, -0.05) is 11.6 Å². The first kappa shape index (κ1) is 11.2. The highest BCUT2D eigenvalue weighted by Gasteiger charge is 2.12. The fourth-order valence-electron chi connectivity index (χ4n) is 1.79. The number of hydrogen-bond acceptors (Lipinski definition) is 2. The largest absolute Gasteiger partial charge is 0.382 e. The van der Waals surface area contributed by atoms with Crippen LogP contribution in [-0.2, 0) is 0 Å². The van der Waals surface area contributed by atoms with Gasteiger partial charge < -0.3 is 10.6 Å². The van der Waals surface area contributed by atoms with Gasteiger partial charge in [0.1, 0.15) is 0 Å². The van der Waals surface area contributed by atoms with Crippen LogP contribution in [0.1, 0.15) is 12.8 Å². The molecule has 82 valence electrons. The zero-order valence-corrected chi connectivity index (χ0v) is 10.7. The van der Waals surface area contributed by atoms with Gasteiger partial charge in [0.25, 0.3) is 0 Å². The van der Waals surface area contributed by atoms with Gasteiger partial charge >= 0.3 is 0 Å². The summed E-state index contributed by atoms with van der Waals surface area (Å²) in [6.07, 6.45) is 2.36. The zero-order valence-electron chi connectivity index (χ0n) is 8.39. The van der Waals surface area contributed by atoms with Crippen molar-refractivity contribution in [1.29, 1.82) is 0 Å². The lowest BCUT2D eigenvalue weighted by Gasteiger charge is -2.24. The van der Waals surface area contributed by atoms with E-state index in [9.17, 15) is 0 Å². The van der Waals surface area contributed by atoms with Crippen LogP contribution in [0.4, 0.5) is 5.69 Å². The molecule has 1 heterocycles. The fraction of sp³-hybridized carbons (Fsp3) is 0.455. The van der Waals surface area contributed by atoms with Gasteiger partial charge in [0.2, 0.25) is 0 Å². The average molecular weight is 290 g/mol. The van der Waals surface area contributed by atoms with Crippen LogP contribution < -0.4 is 10.6 Å². The maximum absolute atomic E-state index is 5.94. The predicted octanol–water partition coefficient (Wildman–Crippen LogP) is 3.27. The third kappa shape index (κ3) is 3.10. The first-order chi connectivity index (χ1) is 7.25. The topological polar surface area (TPSA) is 24.1 Å². The van der Waals surface area contributed by atoms with Crippen LogP contribution >= 0.6 is 27.5 Å². The van der Waals surface area contributed by atoms with Crippen molar-refractivity contribution in [2.45, 2.75) is 18.9 Å². The van der Waals surface area contributed by atoms with Crippen molar-refractivity contribution in [2.75, 3.05) is 18.4 Å². The van der Waals surface area contributed by atoms with E-state index in [1.54, 1.807) is 0 Å². The van der Waals surface area contributed by atoms with Gasteiger partial charge in [-0.05, 0) is 60.1 Å². The fourth-order valence-corrected chi connectivity index (χ4v) is 2.28. The Hall–Kier alpha value is -0.250. The average Bonchev–Trinajstić information content (AvgIpc) is 2.25. The number of piperidine rings is 1. The monoisotopic (exact) mass is 288 g/mol. The predicted molar refractivity (Wildman–Crippen MR) is 68.7 cm³/mol. The van der Waals surface area contributed by atoms with Crippen LogP contribution in [0.25, 0.3) is 0 Å². The van der Waals surface area contributed by atoms with Crippen molar-refractivity contribution in [3.63, 3.8) is 0 Å². The number of benzene rings is 1. The Morgan fingerprint density at radius 2 is 2.07 bits per heavy atom. The van der Waals surface area contributed by atoms with E-state index in [1.807, 2.05) is 18.2 Å². The van der Waals surface area contributed by atoms with E-state index in [0.717, 1.165) is 28.3 Å². The second-order valence-corrected chi connectivity index (χ2v) is 5.06. The van der Waals surface area contributed by atoms with Crippen molar-refractivity contribution in [3.8, 4) is 0 Å². The molecule has 0 amide bonds. The summed E-state index contributed by atoms with van der Waals surface area (Å²) in [5.41, 5.74) is 1.14. The lowest BCUT2D eigenvalue weighted by molar-refractivity contribution is 0.479. The molecular formula is C11H14BrClN2. The summed E-state index contributed by atoms with van der Waals surface area (Å²) in [5.74, 6) is 0. The molecule has 1 aromatic rings. The van der Waals surface area contributed by atoms with Gasteiger partial charge in [-0.15, -0.1) is 0 Å². The van der Waals surface area contributed by atoms with E-state index < -0.39 is 0 Å². The highest BCUT2D eigenvalue weighted by molar-refractivity contribution is 9.10. The lowest BCUT2D eigenvalue weighted by Crippen LogP contribution is -2.35. The molecule has 2 N–H and O–H groups in total. The molecule has 4 heteroatoms. The SMILES string of the molecule is Clc1ccc(NC2CCNCC2)cc1Br. The van der Waals surface area contributed by atoms with Gasteiger partial charge in [0.15, 0.2) is 0 Å². The molecular weight excluding hydrogens is 275 g/mol. The molecule has 2 rings (SSSR count). The third-order valence-corrected chi connectivity index (χ3v) is 3.84. The summed E-state index contributed by atoms with van der Waals surface area (Å²) >= 11 is 9.37. The Balaban J connectivity index is 2.00. The van der Waals surface area contributed by atoms with Crippen LogP contribution in [0.2, 0.25) is 5.02 Å². The highest BCUT2D eigenvalue weighted by atomic mass is 79.9. The Kier molecular flexibility index (Phi) is 3.89. The van der Waals surface area contributed by atoms with Crippen LogP contribution in [0.3, 0.4) is 0 Å². The molecule has 1 aliphatic heterocycles. The molecule has 1 fully saturated rings. The third-order valence-electron chi connectivity index (χ3n) is 2.63. The van der Waals surface area contributed by atoms with E-state index in [-0.39, 0.29) is 0 Å². The van der Waals surface area contributed by atoms with Gasteiger partial charge in [-0.2, -0.15) is 0 Å². The summed E-state index contributed by atoms with van der Waals surface area (Å²) in [7, 11) is 0. The number of nitrogens with one attached hydrogen (secondary N) is 2. The molecule has 1 saturated heterocycles. The first-order valence-corrected chi connectivity index (χ1v) is 6.35. The minimum Gasteiger partial charge on any atom is -0.382 e. The van der Waals surface area contributed by atoms with Gasteiger partial charge in [-0.25, -0.2) is 0 Å². The van der Waals surface area contributed by atoms with Crippen LogP contribution in [0, 0.1) is 0 Å². The molecule has 0 aromatic heterocycles. The molecule has 0 saturated carbocycles. The van der Waals surface area contributed by atoms with Crippen molar-refractivity contribution in [2.24, 2.45) is 0 Å². The highest BCUT2D eigenvalue weighted by Crippen LogP contribution is 2.26. The number of rotatable bonds is 2. The number of halogens is 2. The molecule has 0 radical (unpaired) electrons. The second-order valence-electron chi connectivity index (χ2n) is 3.80. The van der Waals surface area contributed by atoms with Crippen molar-refractivity contribution < 1.29 is 0 Å². The minimum absolute atomic E-state index is 0.583. The van der Waals surface area contributed by atoms with Crippen LogP contribution in [0.15, 0.2) is 22.7 Å². The Bertz CT molecular complexity index is 337. The lowest BCUT2D eigenvalue weighted by atomic mass is 10.1.